The zero-order chi connectivity index (χ0) is 19.1. The average Bonchev–Trinajstić information content (AvgIpc) is 2.98. The third kappa shape index (κ3) is 2.76. The fourth-order valence-corrected chi connectivity index (χ4v) is 5.62. The summed E-state index contributed by atoms with van der Waals surface area (Å²) in [6.07, 6.45) is 1.58. The summed E-state index contributed by atoms with van der Waals surface area (Å²) in [5.41, 5.74) is 3.18. The molecule has 0 bridgehead atoms. The Morgan fingerprint density at radius 1 is 0.929 bits per heavy atom. The number of hydrogen-bond acceptors (Lipinski definition) is 4. The number of piperazine rings is 1. The summed E-state index contributed by atoms with van der Waals surface area (Å²) in [6, 6.07) is 15.7. The van der Waals surface area contributed by atoms with Crippen LogP contribution in [0.3, 0.4) is 0 Å². The van der Waals surface area contributed by atoms with Gasteiger partial charge in [-0.15, -0.1) is 0 Å². The summed E-state index contributed by atoms with van der Waals surface area (Å²) in [7, 11) is 0. The van der Waals surface area contributed by atoms with Crippen molar-refractivity contribution in [3.8, 4) is 0 Å². The molecule has 4 nitrogen and oxygen atoms in total. The van der Waals surface area contributed by atoms with Crippen LogP contribution in [0.1, 0.15) is 30.0 Å². The van der Waals surface area contributed by atoms with E-state index in [2.05, 4.69) is 39.4 Å². The first-order valence-corrected chi connectivity index (χ1v) is 10.4. The van der Waals surface area contributed by atoms with Crippen molar-refractivity contribution in [2.24, 2.45) is 0 Å². The molecule has 2 aromatic rings. The van der Waals surface area contributed by atoms with Crippen LogP contribution in [0, 0.1) is 5.82 Å². The lowest BCUT2D eigenvalue weighted by Gasteiger charge is -2.43. The van der Waals surface area contributed by atoms with Gasteiger partial charge in [0.05, 0.1) is 17.8 Å². The van der Waals surface area contributed by atoms with E-state index in [9.17, 15) is 9.50 Å². The number of aliphatic hydroxyl groups excluding tert-OH is 1. The third-order valence-corrected chi connectivity index (χ3v) is 7.08. The van der Waals surface area contributed by atoms with Crippen LogP contribution in [0.25, 0.3) is 0 Å². The van der Waals surface area contributed by atoms with Crippen molar-refractivity contribution in [2.75, 3.05) is 44.2 Å². The summed E-state index contributed by atoms with van der Waals surface area (Å²) in [5.74, 6) is -0.157. The first kappa shape index (κ1) is 18.1. The summed E-state index contributed by atoms with van der Waals surface area (Å²) in [5, 5.41) is 15.0. The van der Waals surface area contributed by atoms with Gasteiger partial charge in [0.25, 0.3) is 0 Å². The van der Waals surface area contributed by atoms with Crippen LogP contribution in [-0.4, -0.2) is 55.4 Å². The topological polar surface area (TPSA) is 38.7 Å². The minimum atomic E-state index is -0.382. The van der Waals surface area contributed by atoms with Gasteiger partial charge in [0, 0.05) is 31.6 Å². The predicted molar refractivity (Wildman–Crippen MR) is 109 cm³/mol. The van der Waals surface area contributed by atoms with Gasteiger partial charge < -0.3 is 15.3 Å². The fraction of sp³-hybridized carbons (Fsp3) is 0.478. The minimum Gasteiger partial charge on any atom is -0.390 e. The molecule has 0 amide bonds. The van der Waals surface area contributed by atoms with Crippen LogP contribution >= 0.6 is 0 Å². The molecule has 2 aliphatic heterocycles. The predicted octanol–water partition coefficient (Wildman–Crippen LogP) is 2.68. The molecule has 0 radical (unpaired) electrons. The van der Waals surface area contributed by atoms with Crippen molar-refractivity contribution in [1.82, 2.24) is 10.2 Å². The molecule has 2 heterocycles. The molecule has 1 spiro atoms. The van der Waals surface area contributed by atoms with Crippen LogP contribution in [0.5, 0.6) is 0 Å². The number of benzene rings is 2. The molecule has 1 aliphatic carbocycles. The summed E-state index contributed by atoms with van der Waals surface area (Å²) >= 11 is 0. The Bertz CT molecular complexity index is 843. The van der Waals surface area contributed by atoms with Crippen LogP contribution in [-0.2, 0) is 5.41 Å². The maximum absolute atomic E-state index is 14.2. The molecule has 0 unspecified atom stereocenters. The summed E-state index contributed by atoms with van der Waals surface area (Å²) in [4.78, 5) is 4.54. The van der Waals surface area contributed by atoms with E-state index in [4.69, 9.17) is 0 Å². The second-order valence-corrected chi connectivity index (χ2v) is 8.36. The van der Waals surface area contributed by atoms with Crippen molar-refractivity contribution in [2.45, 2.75) is 30.4 Å². The van der Waals surface area contributed by atoms with Crippen molar-refractivity contribution in [3.05, 3.63) is 65.5 Å². The van der Waals surface area contributed by atoms with Gasteiger partial charge in [-0.3, -0.25) is 4.90 Å². The Labute approximate surface area is 166 Å². The number of anilines is 1. The molecule has 3 aliphatic rings. The van der Waals surface area contributed by atoms with E-state index >= 15 is 0 Å². The van der Waals surface area contributed by atoms with Gasteiger partial charge in [-0.05, 0) is 49.2 Å². The first-order chi connectivity index (χ1) is 13.7. The maximum Gasteiger partial charge on any atom is 0.146 e. The number of aliphatic hydroxyl groups is 1. The lowest BCUT2D eigenvalue weighted by atomic mass is 9.72. The van der Waals surface area contributed by atoms with Gasteiger partial charge in [-0.1, -0.05) is 36.4 Å². The van der Waals surface area contributed by atoms with E-state index < -0.39 is 0 Å². The van der Waals surface area contributed by atoms with Crippen molar-refractivity contribution < 1.29 is 9.50 Å². The molecule has 0 saturated carbocycles. The number of halogens is 1. The standard InChI is InChI=1S/C23H28FN3O/c24-19-7-3-4-8-20(19)26-13-15-27(16-14-26)21-17-5-1-2-6-18(17)23(22(21)28)9-11-25-12-10-23/h1-8,21-22,25,28H,9-16H2/t21-,22+/m0/s1. The average molecular weight is 381 g/mol. The van der Waals surface area contributed by atoms with E-state index in [1.807, 2.05) is 12.1 Å². The van der Waals surface area contributed by atoms with Gasteiger partial charge in [0.2, 0.25) is 0 Å². The van der Waals surface area contributed by atoms with E-state index in [0.717, 1.165) is 52.1 Å². The highest BCUT2D eigenvalue weighted by Crippen LogP contribution is 2.52. The van der Waals surface area contributed by atoms with Crippen molar-refractivity contribution >= 4 is 5.69 Å². The van der Waals surface area contributed by atoms with E-state index in [1.165, 1.54) is 17.2 Å². The van der Waals surface area contributed by atoms with E-state index in [0.29, 0.717) is 5.69 Å². The molecule has 2 fully saturated rings. The van der Waals surface area contributed by atoms with E-state index in [1.54, 1.807) is 6.07 Å². The van der Waals surface area contributed by atoms with Crippen LogP contribution in [0.2, 0.25) is 0 Å². The number of nitrogens with one attached hydrogen (secondary N) is 1. The highest BCUT2D eigenvalue weighted by molar-refractivity contribution is 5.49. The lowest BCUT2D eigenvalue weighted by molar-refractivity contribution is -0.00362. The lowest BCUT2D eigenvalue weighted by Crippen LogP contribution is -2.53. The van der Waals surface area contributed by atoms with Gasteiger partial charge in [0.1, 0.15) is 5.82 Å². The number of rotatable bonds is 2. The summed E-state index contributed by atoms with van der Waals surface area (Å²) in [6.45, 7) is 5.14. The molecular weight excluding hydrogens is 353 g/mol. The van der Waals surface area contributed by atoms with Crippen LogP contribution < -0.4 is 10.2 Å². The highest BCUT2D eigenvalue weighted by atomic mass is 19.1. The quantitative estimate of drug-likeness (QED) is 0.839. The highest BCUT2D eigenvalue weighted by Gasteiger charge is 2.53. The molecule has 0 aromatic heterocycles. The first-order valence-electron chi connectivity index (χ1n) is 10.4. The Morgan fingerprint density at radius 3 is 2.36 bits per heavy atom. The monoisotopic (exact) mass is 381 g/mol. The number of para-hydroxylation sites is 1. The number of piperidine rings is 1. The molecule has 2 aromatic carbocycles. The zero-order valence-corrected chi connectivity index (χ0v) is 16.1. The Hall–Kier alpha value is -1.95. The minimum absolute atomic E-state index is 0.0390. The van der Waals surface area contributed by atoms with Crippen LogP contribution in [0.15, 0.2) is 48.5 Å². The maximum atomic E-state index is 14.2. The Kier molecular flexibility index (Phi) is 4.62. The zero-order valence-electron chi connectivity index (χ0n) is 16.1. The Balaban J connectivity index is 1.39. The molecular formula is C23H28FN3O. The third-order valence-electron chi connectivity index (χ3n) is 7.08. The van der Waals surface area contributed by atoms with Crippen molar-refractivity contribution in [3.63, 3.8) is 0 Å². The molecule has 28 heavy (non-hydrogen) atoms. The molecule has 148 valence electrons. The Morgan fingerprint density at radius 2 is 1.61 bits per heavy atom. The fourth-order valence-electron chi connectivity index (χ4n) is 5.62. The molecule has 5 heteroatoms. The van der Waals surface area contributed by atoms with Crippen LogP contribution in [0.4, 0.5) is 10.1 Å². The smallest absolute Gasteiger partial charge is 0.146 e. The van der Waals surface area contributed by atoms with Gasteiger partial charge in [0.15, 0.2) is 0 Å². The SMILES string of the molecule is O[C@@H]1[C@@H](N2CCN(c3ccccc3F)CC2)c2ccccc2C12CCNCC2. The largest absolute Gasteiger partial charge is 0.390 e. The number of fused-ring (bicyclic) bond motifs is 2. The van der Waals surface area contributed by atoms with Crippen molar-refractivity contribution in [1.29, 1.82) is 0 Å². The normalized spacial score (nSPS) is 27.1. The van der Waals surface area contributed by atoms with Gasteiger partial charge >= 0.3 is 0 Å². The van der Waals surface area contributed by atoms with Gasteiger partial charge in [-0.2, -0.15) is 0 Å². The number of nitrogens with zero attached hydrogens (tertiary/aromatic N) is 2. The second-order valence-electron chi connectivity index (χ2n) is 8.36. The molecule has 5 rings (SSSR count). The molecule has 2 saturated heterocycles. The van der Waals surface area contributed by atoms with E-state index in [-0.39, 0.29) is 23.4 Å². The van der Waals surface area contributed by atoms with Gasteiger partial charge in [-0.25, -0.2) is 4.39 Å². The molecule has 2 atom stereocenters. The summed E-state index contributed by atoms with van der Waals surface area (Å²) < 4.78 is 14.2. The number of hydrogen-bond donors (Lipinski definition) is 2. The molecule has 2 N–H and O–H groups in total. The second kappa shape index (κ2) is 7.14.